The summed E-state index contributed by atoms with van der Waals surface area (Å²) in [4.78, 5) is 26.9. The van der Waals surface area contributed by atoms with Crippen LogP contribution in [-0.2, 0) is 22.4 Å². The number of aryl methyl sites for hydroxylation is 2. The van der Waals surface area contributed by atoms with E-state index >= 15 is 0 Å². The fraction of sp³-hybridized carbons (Fsp3) is 0.333. The van der Waals surface area contributed by atoms with Gasteiger partial charge in [0, 0.05) is 24.5 Å². The number of amides is 2. The Morgan fingerprint density at radius 1 is 1.12 bits per heavy atom. The van der Waals surface area contributed by atoms with E-state index in [2.05, 4.69) is 36.5 Å². The molecule has 2 aromatic rings. The van der Waals surface area contributed by atoms with Crippen molar-refractivity contribution in [3.05, 3.63) is 70.2 Å². The number of carbonyl (C=O) groups is 2. The minimum atomic E-state index is -0.587. The third-order valence-electron chi connectivity index (χ3n) is 4.78. The zero-order valence-electron chi connectivity index (χ0n) is 14.9. The van der Waals surface area contributed by atoms with Crippen molar-refractivity contribution in [1.29, 1.82) is 0 Å². The molecule has 1 aliphatic rings. The Labute approximate surface area is 159 Å². The van der Waals surface area contributed by atoms with Crippen LogP contribution < -0.4 is 5.32 Å². The maximum Gasteiger partial charge on any atom is 0.247 e. The summed E-state index contributed by atoms with van der Waals surface area (Å²) in [7, 11) is 0. The lowest BCUT2D eigenvalue weighted by Crippen LogP contribution is -2.52. The van der Waals surface area contributed by atoms with Gasteiger partial charge in [0.2, 0.25) is 11.8 Å². The molecular formula is C21H23ClN2O2. The molecule has 2 amide bonds. The van der Waals surface area contributed by atoms with Crippen molar-refractivity contribution in [2.75, 3.05) is 13.1 Å². The summed E-state index contributed by atoms with van der Waals surface area (Å²) in [6.07, 6.45) is 2.07. The van der Waals surface area contributed by atoms with Crippen molar-refractivity contribution in [3.63, 3.8) is 0 Å². The van der Waals surface area contributed by atoms with E-state index in [1.807, 2.05) is 12.1 Å². The Bertz CT molecular complexity index is 772. The predicted molar refractivity (Wildman–Crippen MR) is 103 cm³/mol. The summed E-state index contributed by atoms with van der Waals surface area (Å²) >= 11 is 5.94. The topological polar surface area (TPSA) is 49.4 Å². The molecular weight excluding hydrogens is 348 g/mol. The highest BCUT2D eigenvalue weighted by molar-refractivity contribution is 6.30. The highest BCUT2D eigenvalue weighted by Crippen LogP contribution is 2.25. The zero-order chi connectivity index (χ0) is 18.5. The van der Waals surface area contributed by atoms with Crippen molar-refractivity contribution < 1.29 is 9.59 Å². The van der Waals surface area contributed by atoms with Gasteiger partial charge in [0.15, 0.2) is 0 Å². The van der Waals surface area contributed by atoms with E-state index in [4.69, 9.17) is 11.6 Å². The lowest BCUT2D eigenvalue weighted by atomic mass is 10.0. The van der Waals surface area contributed by atoms with Gasteiger partial charge in [0.05, 0.1) is 0 Å². The Kier molecular flexibility index (Phi) is 5.94. The molecule has 0 radical (unpaired) electrons. The highest BCUT2D eigenvalue weighted by atomic mass is 35.5. The molecule has 5 heteroatoms. The molecule has 1 atom stereocenters. The van der Waals surface area contributed by atoms with Crippen LogP contribution in [0.3, 0.4) is 0 Å². The van der Waals surface area contributed by atoms with Gasteiger partial charge >= 0.3 is 0 Å². The number of benzene rings is 2. The number of carbonyl (C=O) groups excluding carboxylic acids is 2. The molecule has 1 saturated heterocycles. The van der Waals surface area contributed by atoms with Gasteiger partial charge in [0.25, 0.3) is 0 Å². The molecule has 0 aliphatic carbocycles. The molecule has 0 spiro atoms. The van der Waals surface area contributed by atoms with Crippen LogP contribution in [0.4, 0.5) is 0 Å². The van der Waals surface area contributed by atoms with Crippen molar-refractivity contribution >= 4 is 23.4 Å². The number of hydrogen-bond donors (Lipinski definition) is 1. The van der Waals surface area contributed by atoms with Crippen LogP contribution in [0.25, 0.3) is 0 Å². The normalized spacial score (nSPS) is 17.1. The van der Waals surface area contributed by atoms with Crippen LogP contribution in [0.5, 0.6) is 0 Å². The average Bonchev–Trinajstić information content (AvgIpc) is 2.67. The monoisotopic (exact) mass is 370 g/mol. The SMILES string of the molecule is CCc1ccc(CCC(=O)N2CCNC(=O)C2c2ccc(Cl)cc2)cc1. The largest absolute Gasteiger partial charge is 0.352 e. The van der Waals surface area contributed by atoms with Gasteiger partial charge in [-0.25, -0.2) is 0 Å². The smallest absolute Gasteiger partial charge is 0.247 e. The van der Waals surface area contributed by atoms with Gasteiger partial charge in [0.1, 0.15) is 6.04 Å². The minimum Gasteiger partial charge on any atom is -0.352 e. The van der Waals surface area contributed by atoms with Crippen LogP contribution >= 0.6 is 11.6 Å². The van der Waals surface area contributed by atoms with Crippen LogP contribution in [0.2, 0.25) is 5.02 Å². The molecule has 1 heterocycles. The molecule has 0 saturated carbocycles. The molecule has 1 fully saturated rings. The van der Waals surface area contributed by atoms with E-state index < -0.39 is 6.04 Å². The number of nitrogens with one attached hydrogen (secondary N) is 1. The summed E-state index contributed by atoms with van der Waals surface area (Å²) in [6.45, 7) is 3.13. The quantitative estimate of drug-likeness (QED) is 0.875. The first-order valence-electron chi connectivity index (χ1n) is 8.99. The van der Waals surface area contributed by atoms with Gasteiger partial charge in [-0.05, 0) is 41.7 Å². The highest BCUT2D eigenvalue weighted by Gasteiger charge is 2.33. The van der Waals surface area contributed by atoms with Gasteiger partial charge in [-0.3, -0.25) is 9.59 Å². The molecule has 26 heavy (non-hydrogen) atoms. The molecule has 4 nitrogen and oxygen atoms in total. The molecule has 3 rings (SSSR count). The molecule has 1 N–H and O–H groups in total. The third-order valence-corrected chi connectivity index (χ3v) is 5.03. The number of piperazine rings is 1. The number of rotatable bonds is 5. The first-order chi connectivity index (χ1) is 12.6. The Balaban J connectivity index is 1.70. The summed E-state index contributed by atoms with van der Waals surface area (Å²) in [5.41, 5.74) is 3.21. The fourth-order valence-corrected chi connectivity index (χ4v) is 3.37. The second-order valence-corrected chi connectivity index (χ2v) is 6.94. The molecule has 136 valence electrons. The van der Waals surface area contributed by atoms with Gasteiger partial charge in [-0.2, -0.15) is 0 Å². The van der Waals surface area contributed by atoms with E-state index in [0.717, 1.165) is 17.5 Å². The van der Waals surface area contributed by atoms with Gasteiger partial charge < -0.3 is 10.2 Å². The van der Waals surface area contributed by atoms with E-state index in [-0.39, 0.29) is 11.8 Å². The van der Waals surface area contributed by atoms with Crippen molar-refractivity contribution in [1.82, 2.24) is 10.2 Å². The van der Waals surface area contributed by atoms with Crippen molar-refractivity contribution in [2.45, 2.75) is 32.2 Å². The van der Waals surface area contributed by atoms with E-state index in [1.165, 1.54) is 5.56 Å². The second kappa shape index (κ2) is 8.37. The van der Waals surface area contributed by atoms with E-state index in [1.54, 1.807) is 17.0 Å². The Hall–Kier alpha value is -2.33. The number of hydrogen-bond acceptors (Lipinski definition) is 2. The first-order valence-corrected chi connectivity index (χ1v) is 9.36. The standard InChI is InChI=1S/C21H23ClN2O2/c1-2-15-3-5-16(6-4-15)7-12-19(25)24-14-13-23-21(26)20(24)17-8-10-18(22)11-9-17/h3-6,8-11,20H,2,7,12-14H2,1H3,(H,23,26). The van der Waals surface area contributed by atoms with Crippen LogP contribution in [0, 0.1) is 0 Å². The summed E-state index contributed by atoms with van der Waals surface area (Å²) in [5, 5.41) is 3.46. The molecule has 0 bridgehead atoms. The maximum absolute atomic E-state index is 12.8. The Morgan fingerprint density at radius 3 is 2.42 bits per heavy atom. The Morgan fingerprint density at radius 2 is 1.77 bits per heavy atom. The average molecular weight is 371 g/mol. The lowest BCUT2D eigenvalue weighted by molar-refractivity contribution is -0.143. The van der Waals surface area contributed by atoms with Crippen molar-refractivity contribution in [3.8, 4) is 0 Å². The zero-order valence-corrected chi connectivity index (χ0v) is 15.6. The van der Waals surface area contributed by atoms with Crippen LogP contribution in [0.1, 0.15) is 36.1 Å². The molecule has 2 aromatic carbocycles. The molecule has 1 aliphatic heterocycles. The lowest BCUT2D eigenvalue weighted by Gasteiger charge is -2.35. The molecule has 1 unspecified atom stereocenters. The third kappa shape index (κ3) is 4.25. The van der Waals surface area contributed by atoms with E-state index in [9.17, 15) is 9.59 Å². The predicted octanol–water partition coefficient (Wildman–Crippen LogP) is 3.53. The fourth-order valence-electron chi connectivity index (χ4n) is 3.25. The molecule has 0 aromatic heterocycles. The van der Waals surface area contributed by atoms with Crippen LogP contribution in [-0.4, -0.2) is 29.8 Å². The summed E-state index contributed by atoms with van der Waals surface area (Å²) in [5.74, 6) is -0.140. The minimum absolute atomic E-state index is 0.000585. The van der Waals surface area contributed by atoms with Gasteiger partial charge in [-0.1, -0.05) is 54.9 Å². The summed E-state index contributed by atoms with van der Waals surface area (Å²) < 4.78 is 0. The summed E-state index contributed by atoms with van der Waals surface area (Å²) in [6, 6.07) is 14.9. The van der Waals surface area contributed by atoms with Gasteiger partial charge in [-0.15, -0.1) is 0 Å². The number of halogens is 1. The first kappa shape index (κ1) is 18.5. The second-order valence-electron chi connectivity index (χ2n) is 6.50. The maximum atomic E-state index is 12.8. The number of nitrogens with zero attached hydrogens (tertiary/aromatic N) is 1. The van der Waals surface area contributed by atoms with E-state index in [0.29, 0.717) is 31.0 Å². The van der Waals surface area contributed by atoms with Crippen LogP contribution in [0.15, 0.2) is 48.5 Å². The van der Waals surface area contributed by atoms with Crippen molar-refractivity contribution in [2.24, 2.45) is 0 Å².